The molecule has 1 saturated carbocycles. The molecule has 0 aliphatic heterocycles. The van der Waals surface area contributed by atoms with Crippen molar-refractivity contribution in [3.63, 3.8) is 0 Å². The van der Waals surface area contributed by atoms with Crippen molar-refractivity contribution in [2.45, 2.75) is 31.7 Å². The topological polar surface area (TPSA) is 98.5 Å². The third-order valence-electron chi connectivity index (χ3n) is 2.59. The van der Waals surface area contributed by atoms with Crippen molar-refractivity contribution in [2.24, 2.45) is 11.1 Å². The van der Waals surface area contributed by atoms with Gasteiger partial charge in [0.15, 0.2) is 0 Å². The molecule has 0 aromatic rings. The maximum absolute atomic E-state index is 11.2. The van der Waals surface area contributed by atoms with Gasteiger partial charge in [-0.25, -0.2) is 5.14 Å². The van der Waals surface area contributed by atoms with Crippen molar-refractivity contribution >= 4 is 16.2 Å². The second-order valence-electron chi connectivity index (χ2n) is 3.73. The first-order valence-corrected chi connectivity index (χ1v) is 6.35. The van der Waals surface area contributed by atoms with E-state index in [1.807, 2.05) is 0 Å². The van der Waals surface area contributed by atoms with Gasteiger partial charge in [0.05, 0.1) is 13.0 Å². The molecule has 88 valence electrons. The molecule has 0 saturated heterocycles. The van der Waals surface area contributed by atoms with Gasteiger partial charge in [0.2, 0.25) is 0 Å². The Morgan fingerprint density at radius 1 is 1.33 bits per heavy atom. The molecule has 0 aromatic heterocycles. The summed E-state index contributed by atoms with van der Waals surface area (Å²) in [5, 5.41) is 4.86. The molecule has 1 fully saturated rings. The molecule has 0 radical (unpaired) electrons. The summed E-state index contributed by atoms with van der Waals surface area (Å²) < 4.78 is 28.4. The van der Waals surface area contributed by atoms with Crippen LogP contribution in [0.25, 0.3) is 0 Å². The average Bonchev–Trinajstić information content (AvgIpc) is 2.15. The molecule has 0 bridgehead atoms. The second kappa shape index (κ2) is 4.91. The zero-order valence-corrected chi connectivity index (χ0v) is 9.42. The third-order valence-corrected chi connectivity index (χ3v) is 3.25. The van der Waals surface area contributed by atoms with E-state index in [1.54, 1.807) is 0 Å². The fourth-order valence-corrected chi connectivity index (χ4v) is 2.55. The van der Waals surface area contributed by atoms with E-state index in [0.29, 0.717) is 25.7 Å². The molecule has 0 spiro atoms. The Bertz CT molecular complexity index is 320. The number of nitrogens with one attached hydrogen (secondary N) is 1. The van der Waals surface area contributed by atoms with E-state index in [0.717, 1.165) is 0 Å². The minimum Gasteiger partial charge on any atom is -0.469 e. The monoisotopic (exact) mass is 236 g/mol. The summed E-state index contributed by atoms with van der Waals surface area (Å²) in [6.07, 6.45) is 2.52. The number of methoxy groups -OCH3 is 1. The summed E-state index contributed by atoms with van der Waals surface area (Å²) >= 11 is 0. The second-order valence-corrected chi connectivity index (χ2v) is 5.06. The molecule has 6 nitrogen and oxygen atoms in total. The molecule has 3 N–H and O–H groups in total. The van der Waals surface area contributed by atoms with Crippen LogP contribution in [-0.4, -0.2) is 27.5 Å². The van der Waals surface area contributed by atoms with E-state index in [-0.39, 0.29) is 17.9 Å². The molecule has 1 rings (SSSR count). The van der Waals surface area contributed by atoms with E-state index in [9.17, 15) is 13.2 Å². The van der Waals surface area contributed by atoms with Crippen LogP contribution < -0.4 is 9.86 Å². The van der Waals surface area contributed by atoms with Crippen molar-refractivity contribution in [1.82, 2.24) is 4.72 Å². The lowest BCUT2D eigenvalue weighted by Gasteiger charge is -2.26. The maximum Gasteiger partial charge on any atom is 0.308 e. The Morgan fingerprint density at radius 2 is 1.87 bits per heavy atom. The van der Waals surface area contributed by atoms with Crippen molar-refractivity contribution in [2.75, 3.05) is 7.11 Å². The molecular weight excluding hydrogens is 220 g/mol. The Kier molecular flexibility index (Phi) is 4.06. The quantitative estimate of drug-likeness (QED) is 0.646. The Labute approximate surface area is 89.3 Å². The Balaban J connectivity index is 2.39. The number of rotatable bonds is 3. The zero-order chi connectivity index (χ0) is 11.5. The van der Waals surface area contributed by atoms with E-state index in [2.05, 4.69) is 9.46 Å². The highest BCUT2D eigenvalue weighted by atomic mass is 32.2. The molecule has 0 aromatic carbocycles. The van der Waals surface area contributed by atoms with Crippen molar-refractivity contribution in [3.8, 4) is 0 Å². The summed E-state index contributed by atoms with van der Waals surface area (Å²) in [5.41, 5.74) is 0. The number of nitrogens with two attached hydrogens (primary N) is 1. The first-order chi connectivity index (χ1) is 6.92. The number of hydrogen-bond donors (Lipinski definition) is 2. The summed E-state index contributed by atoms with van der Waals surface area (Å²) in [6.45, 7) is 0. The van der Waals surface area contributed by atoms with E-state index in [4.69, 9.17) is 5.14 Å². The predicted molar refractivity (Wildman–Crippen MR) is 54.0 cm³/mol. The zero-order valence-electron chi connectivity index (χ0n) is 8.60. The molecule has 1 aliphatic rings. The van der Waals surface area contributed by atoms with Gasteiger partial charge in [0.25, 0.3) is 10.2 Å². The number of hydrogen-bond acceptors (Lipinski definition) is 4. The van der Waals surface area contributed by atoms with Gasteiger partial charge in [0, 0.05) is 6.04 Å². The highest BCUT2D eigenvalue weighted by Gasteiger charge is 2.28. The normalized spacial score (nSPS) is 27.3. The fraction of sp³-hybridized carbons (Fsp3) is 0.875. The molecule has 7 heteroatoms. The standard InChI is InChI=1S/C8H16N2O4S/c1-14-8(11)6-2-4-7(5-3-6)10-15(9,12)13/h6-7,10H,2-5H2,1H3,(H2,9,12,13). The van der Waals surface area contributed by atoms with Crippen LogP contribution >= 0.6 is 0 Å². The molecule has 1 aliphatic carbocycles. The number of carbonyl (C=O) groups is 1. The highest BCUT2D eigenvalue weighted by Crippen LogP contribution is 2.25. The lowest BCUT2D eigenvalue weighted by molar-refractivity contribution is -0.146. The SMILES string of the molecule is COC(=O)C1CCC(NS(N)(=O)=O)CC1. The van der Waals surface area contributed by atoms with Crippen molar-refractivity contribution in [1.29, 1.82) is 0 Å². The first kappa shape index (κ1) is 12.4. The van der Waals surface area contributed by atoms with E-state index in [1.165, 1.54) is 7.11 Å². The lowest BCUT2D eigenvalue weighted by atomic mass is 9.86. The highest BCUT2D eigenvalue weighted by molar-refractivity contribution is 7.87. The van der Waals surface area contributed by atoms with Crippen LogP contribution in [0.2, 0.25) is 0 Å². The molecule has 0 atom stereocenters. The smallest absolute Gasteiger partial charge is 0.308 e. The third kappa shape index (κ3) is 4.15. The Morgan fingerprint density at radius 3 is 2.27 bits per heavy atom. The van der Waals surface area contributed by atoms with Gasteiger partial charge in [-0.05, 0) is 25.7 Å². The molecule has 0 amide bonds. The predicted octanol–water partition coefficient (Wildman–Crippen LogP) is -0.489. The molecular formula is C8H16N2O4S. The van der Waals surface area contributed by atoms with E-state index < -0.39 is 10.2 Å². The van der Waals surface area contributed by atoms with Gasteiger partial charge in [0.1, 0.15) is 0 Å². The van der Waals surface area contributed by atoms with Gasteiger partial charge in [-0.3, -0.25) is 4.79 Å². The summed E-state index contributed by atoms with van der Waals surface area (Å²) in [5.74, 6) is -0.322. The van der Waals surface area contributed by atoms with Gasteiger partial charge in [-0.1, -0.05) is 0 Å². The van der Waals surface area contributed by atoms with Gasteiger partial charge >= 0.3 is 5.97 Å². The number of esters is 1. The number of ether oxygens (including phenoxy) is 1. The fourth-order valence-electron chi connectivity index (χ4n) is 1.85. The van der Waals surface area contributed by atoms with Crippen LogP contribution in [0.5, 0.6) is 0 Å². The molecule has 15 heavy (non-hydrogen) atoms. The largest absolute Gasteiger partial charge is 0.469 e. The summed E-state index contributed by atoms with van der Waals surface area (Å²) in [7, 11) is -2.28. The average molecular weight is 236 g/mol. The van der Waals surface area contributed by atoms with Gasteiger partial charge < -0.3 is 4.74 Å². The van der Waals surface area contributed by atoms with Crippen LogP contribution in [0.15, 0.2) is 0 Å². The maximum atomic E-state index is 11.2. The summed E-state index contributed by atoms with van der Waals surface area (Å²) in [6, 6.07) is -0.152. The van der Waals surface area contributed by atoms with Crippen LogP contribution in [0, 0.1) is 5.92 Å². The number of carbonyl (C=O) groups excluding carboxylic acids is 1. The molecule has 0 heterocycles. The first-order valence-electron chi connectivity index (χ1n) is 4.80. The van der Waals surface area contributed by atoms with Gasteiger partial charge in [-0.15, -0.1) is 0 Å². The van der Waals surface area contributed by atoms with Crippen LogP contribution in [0.1, 0.15) is 25.7 Å². The van der Waals surface area contributed by atoms with Crippen LogP contribution in [0.4, 0.5) is 0 Å². The van der Waals surface area contributed by atoms with Gasteiger partial charge in [-0.2, -0.15) is 13.1 Å². The minimum absolute atomic E-state index is 0.103. The van der Waals surface area contributed by atoms with E-state index >= 15 is 0 Å². The van der Waals surface area contributed by atoms with Crippen molar-refractivity contribution < 1.29 is 17.9 Å². The lowest BCUT2D eigenvalue weighted by Crippen LogP contribution is -2.42. The van der Waals surface area contributed by atoms with Crippen LogP contribution in [-0.2, 0) is 19.7 Å². The minimum atomic E-state index is -3.63. The summed E-state index contributed by atoms with van der Waals surface area (Å²) in [4.78, 5) is 11.2. The van der Waals surface area contributed by atoms with Crippen LogP contribution in [0.3, 0.4) is 0 Å². The van der Waals surface area contributed by atoms with Crippen molar-refractivity contribution in [3.05, 3.63) is 0 Å². The Hall–Kier alpha value is -0.660. The molecule has 0 unspecified atom stereocenters.